The Morgan fingerprint density at radius 1 is 1.08 bits per heavy atom. The second kappa shape index (κ2) is 13.2. The monoisotopic (exact) mass is 603 g/mol. The predicted octanol–water partition coefficient (Wildman–Crippen LogP) is 5.29. The molecule has 0 aliphatic heterocycles. The highest BCUT2D eigenvalue weighted by atomic mass is 35.5. The van der Waals surface area contributed by atoms with E-state index in [1.54, 1.807) is 24.3 Å². The van der Waals surface area contributed by atoms with Crippen LogP contribution in [0.15, 0.2) is 36.4 Å². The van der Waals surface area contributed by atoms with Gasteiger partial charge in [0, 0.05) is 17.6 Å². The number of methoxy groups -OCH3 is 1. The van der Waals surface area contributed by atoms with E-state index in [1.807, 2.05) is 6.92 Å². The Morgan fingerprint density at radius 2 is 1.76 bits per heavy atom. The summed E-state index contributed by atoms with van der Waals surface area (Å²) in [5.74, 6) is -0.620. The molecule has 0 radical (unpaired) electrons. The van der Waals surface area contributed by atoms with Crippen molar-refractivity contribution in [1.82, 2.24) is 10.2 Å². The van der Waals surface area contributed by atoms with Crippen LogP contribution in [0.1, 0.15) is 44.6 Å². The second-order valence-electron chi connectivity index (χ2n) is 9.27. The lowest BCUT2D eigenvalue weighted by atomic mass is 10.1. The molecule has 1 aliphatic rings. The van der Waals surface area contributed by atoms with E-state index in [0.29, 0.717) is 22.0 Å². The third-order valence-corrected chi connectivity index (χ3v) is 8.61. The van der Waals surface area contributed by atoms with Crippen LogP contribution in [0.4, 0.5) is 5.69 Å². The highest BCUT2D eigenvalue weighted by Crippen LogP contribution is 2.33. The lowest BCUT2D eigenvalue weighted by Crippen LogP contribution is -2.53. The lowest BCUT2D eigenvalue weighted by molar-refractivity contribution is -0.140. The van der Waals surface area contributed by atoms with Gasteiger partial charge in [-0.05, 0) is 55.2 Å². The summed E-state index contributed by atoms with van der Waals surface area (Å²) in [6.07, 6.45) is 5.18. The van der Waals surface area contributed by atoms with Crippen LogP contribution < -0.4 is 14.4 Å². The maximum atomic E-state index is 13.9. The number of nitrogens with one attached hydrogen (secondary N) is 1. The number of nitrogens with zero attached hydrogens (tertiary/aromatic N) is 2. The van der Waals surface area contributed by atoms with Crippen LogP contribution in [-0.2, 0) is 26.2 Å². The summed E-state index contributed by atoms with van der Waals surface area (Å²) in [6.45, 7) is 1.27. The number of halogens is 3. The molecule has 8 nitrogen and oxygen atoms in total. The molecule has 2 amide bonds. The largest absolute Gasteiger partial charge is 0.495 e. The normalized spacial score (nSPS) is 14.7. The molecule has 1 atom stereocenters. The van der Waals surface area contributed by atoms with Crippen molar-refractivity contribution in [3.05, 3.63) is 57.0 Å². The molecule has 2 aromatic rings. The molecule has 0 heterocycles. The maximum absolute atomic E-state index is 13.9. The first-order valence-corrected chi connectivity index (χ1v) is 15.3. The third kappa shape index (κ3) is 7.68. The second-order valence-corrected chi connectivity index (χ2v) is 12.4. The molecule has 1 aliphatic carbocycles. The van der Waals surface area contributed by atoms with Crippen molar-refractivity contribution in [3.63, 3.8) is 0 Å². The molecule has 2 aromatic carbocycles. The number of hydrogen-bond acceptors (Lipinski definition) is 5. The molecule has 38 heavy (non-hydrogen) atoms. The average molecular weight is 605 g/mol. The Labute approximate surface area is 239 Å². The Hall–Kier alpha value is -2.20. The molecule has 1 N–H and O–H groups in total. The average Bonchev–Trinajstić information content (AvgIpc) is 3.36. The summed E-state index contributed by atoms with van der Waals surface area (Å²) in [4.78, 5) is 28.6. The van der Waals surface area contributed by atoms with Crippen molar-refractivity contribution in [2.75, 3.05) is 24.2 Å². The van der Waals surface area contributed by atoms with E-state index in [2.05, 4.69) is 5.32 Å². The molecule has 0 bridgehead atoms. The van der Waals surface area contributed by atoms with E-state index in [4.69, 9.17) is 39.5 Å². The fraction of sp³-hybridized carbons (Fsp3) is 0.462. The number of amides is 2. The molecule has 12 heteroatoms. The topological polar surface area (TPSA) is 96.0 Å². The molecule has 3 rings (SSSR count). The van der Waals surface area contributed by atoms with Crippen LogP contribution >= 0.6 is 34.8 Å². The summed E-state index contributed by atoms with van der Waals surface area (Å²) in [5.41, 5.74) is 0.764. The highest BCUT2D eigenvalue weighted by molar-refractivity contribution is 7.92. The summed E-state index contributed by atoms with van der Waals surface area (Å²) in [7, 11) is -2.55. The van der Waals surface area contributed by atoms with Crippen molar-refractivity contribution in [2.24, 2.45) is 0 Å². The number of anilines is 1. The number of carbonyl (C=O) groups excluding carboxylic acids is 2. The van der Waals surface area contributed by atoms with Gasteiger partial charge in [0.2, 0.25) is 21.8 Å². The maximum Gasteiger partial charge on any atom is 0.244 e. The van der Waals surface area contributed by atoms with Crippen molar-refractivity contribution >= 4 is 62.3 Å². The number of hydrogen-bond donors (Lipinski definition) is 1. The minimum absolute atomic E-state index is 0.0244. The van der Waals surface area contributed by atoms with Crippen molar-refractivity contribution in [2.45, 2.75) is 57.7 Å². The molecule has 208 valence electrons. The van der Waals surface area contributed by atoms with Gasteiger partial charge in [-0.25, -0.2) is 8.42 Å². The van der Waals surface area contributed by atoms with Gasteiger partial charge in [-0.15, -0.1) is 0 Å². The fourth-order valence-corrected chi connectivity index (χ4v) is 5.91. The predicted molar refractivity (Wildman–Crippen MR) is 152 cm³/mol. The van der Waals surface area contributed by atoms with Gasteiger partial charge in [0.25, 0.3) is 0 Å². The smallest absolute Gasteiger partial charge is 0.244 e. The molecule has 0 spiro atoms. The van der Waals surface area contributed by atoms with E-state index >= 15 is 0 Å². The van der Waals surface area contributed by atoms with Gasteiger partial charge in [-0.1, -0.05) is 60.6 Å². The summed E-state index contributed by atoms with van der Waals surface area (Å²) < 4.78 is 32.0. The Balaban J connectivity index is 1.99. The van der Waals surface area contributed by atoms with Gasteiger partial charge in [0.05, 0.1) is 29.1 Å². The minimum atomic E-state index is -3.94. The molecule has 1 saturated carbocycles. The number of rotatable bonds is 11. The number of carbonyl (C=O) groups is 2. The molecule has 0 unspecified atom stereocenters. The van der Waals surface area contributed by atoms with E-state index in [-0.39, 0.29) is 35.0 Å². The Morgan fingerprint density at radius 3 is 2.34 bits per heavy atom. The number of sulfonamides is 1. The van der Waals surface area contributed by atoms with E-state index in [9.17, 15) is 18.0 Å². The lowest BCUT2D eigenvalue weighted by Gasteiger charge is -2.33. The van der Waals surface area contributed by atoms with Gasteiger partial charge in [0.1, 0.15) is 18.3 Å². The van der Waals surface area contributed by atoms with E-state index < -0.39 is 28.5 Å². The van der Waals surface area contributed by atoms with Crippen molar-refractivity contribution < 1.29 is 22.7 Å². The van der Waals surface area contributed by atoms with Crippen molar-refractivity contribution in [3.8, 4) is 5.75 Å². The van der Waals surface area contributed by atoms with Gasteiger partial charge in [-0.3, -0.25) is 13.9 Å². The summed E-state index contributed by atoms with van der Waals surface area (Å²) in [6, 6.07) is 8.68. The molecule has 1 fully saturated rings. The van der Waals surface area contributed by atoms with Crippen LogP contribution in [0.25, 0.3) is 0 Å². The SMILES string of the molecule is CC[C@H](C(=O)NC1CCCC1)N(Cc1ccc(Cl)c(Cl)c1)C(=O)CN(c1cc(Cl)ccc1OC)S(C)(=O)=O. The zero-order valence-corrected chi connectivity index (χ0v) is 24.6. The minimum Gasteiger partial charge on any atom is -0.495 e. The highest BCUT2D eigenvalue weighted by Gasteiger charge is 2.33. The molecular weight excluding hydrogens is 573 g/mol. The van der Waals surface area contributed by atoms with Crippen LogP contribution in [-0.4, -0.2) is 57.1 Å². The quantitative estimate of drug-likeness (QED) is 0.376. The molecule has 0 aromatic heterocycles. The number of ether oxygens (including phenoxy) is 1. The van der Waals surface area contributed by atoms with Gasteiger partial charge < -0.3 is 15.0 Å². The zero-order chi connectivity index (χ0) is 28.0. The third-order valence-electron chi connectivity index (χ3n) is 6.51. The first-order chi connectivity index (χ1) is 17.9. The first-order valence-electron chi connectivity index (χ1n) is 12.3. The van der Waals surface area contributed by atoms with E-state index in [0.717, 1.165) is 36.2 Å². The fourth-order valence-electron chi connectivity index (χ4n) is 4.57. The van der Waals surface area contributed by atoms with Crippen molar-refractivity contribution in [1.29, 1.82) is 0 Å². The summed E-state index contributed by atoms with van der Waals surface area (Å²) >= 11 is 18.4. The van der Waals surface area contributed by atoms with Crippen LogP contribution in [0, 0.1) is 0 Å². The van der Waals surface area contributed by atoms with Crippen LogP contribution in [0.3, 0.4) is 0 Å². The van der Waals surface area contributed by atoms with E-state index in [1.165, 1.54) is 24.1 Å². The zero-order valence-electron chi connectivity index (χ0n) is 21.5. The first kappa shape index (κ1) is 30.3. The van der Waals surface area contributed by atoms with Crippen LogP contribution in [0.2, 0.25) is 15.1 Å². The van der Waals surface area contributed by atoms with Crippen LogP contribution in [0.5, 0.6) is 5.75 Å². The Kier molecular flexibility index (Phi) is 10.6. The van der Waals surface area contributed by atoms with Gasteiger partial charge in [-0.2, -0.15) is 0 Å². The standard InChI is InChI=1S/C26H32Cl3N3O5S/c1-4-22(26(34)30-19-7-5-6-8-19)31(15-17-9-11-20(28)21(29)13-17)25(33)16-32(38(3,35)36)23-14-18(27)10-12-24(23)37-2/h9-14,19,22H,4-8,15-16H2,1-3H3,(H,30,34)/t22-/m1/s1. The molecule has 0 saturated heterocycles. The summed E-state index contributed by atoms with van der Waals surface area (Å²) in [5, 5.41) is 4.00. The van der Waals surface area contributed by atoms with Gasteiger partial charge >= 0.3 is 0 Å². The van der Waals surface area contributed by atoms with Gasteiger partial charge in [0.15, 0.2) is 0 Å². The Bertz CT molecular complexity index is 1270. The number of benzene rings is 2. The molecular formula is C26H32Cl3N3O5S.